The quantitative estimate of drug-likeness (QED) is 0.888. The summed E-state index contributed by atoms with van der Waals surface area (Å²) in [6, 6.07) is 12.0. The first-order chi connectivity index (χ1) is 9.26. The average Bonchev–Trinajstić information content (AvgIpc) is 2.44. The molecule has 5 heteroatoms. The van der Waals surface area contributed by atoms with Gasteiger partial charge in [0.1, 0.15) is 5.75 Å². The Kier molecular flexibility index (Phi) is 6.28. The van der Waals surface area contributed by atoms with Gasteiger partial charge in [-0.1, -0.05) is 30.3 Å². The van der Waals surface area contributed by atoms with E-state index in [0.29, 0.717) is 13.1 Å². The summed E-state index contributed by atoms with van der Waals surface area (Å²) in [4.78, 5) is 11.5. The molecule has 0 aliphatic carbocycles. The second-order valence-electron chi connectivity index (χ2n) is 4.27. The summed E-state index contributed by atoms with van der Waals surface area (Å²) < 4.78 is 5.38. The number of ether oxygens (including phenoxy) is 1. The van der Waals surface area contributed by atoms with Crippen LogP contribution in [0.25, 0.3) is 10.8 Å². The van der Waals surface area contributed by atoms with Crippen LogP contribution < -0.4 is 15.4 Å². The molecule has 2 aromatic rings. The lowest BCUT2D eigenvalue weighted by molar-refractivity contribution is -0.120. The molecule has 2 N–H and O–H groups in total. The van der Waals surface area contributed by atoms with Crippen LogP contribution in [0.2, 0.25) is 0 Å². The molecule has 0 atom stereocenters. The van der Waals surface area contributed by atoms with E-state index in [1.165, 1.54) is 0 Å². The summed E-state index contributed by atoms with van der Waals surface area (Å²) in [7, 11) is 3.39. The van der Waals surface area contributed by atoms with E-state index in [1.54, 1.807) is 14.2 Å². The Hall–Kier alpha value is -1.78. The minimum atomic E-state index is -0.0301. The molecule has 0 fully saturated rings. The normalized spacial score (nSPS) is 9.90. The Bertz CT molecular complexity index is 587. The van der Waals surface area contributed by atoms with Crippen LogP contribution in [-0.2, 0) is 11.3 Å². The van der Waals surface area contributed by atoms with Crippen molar-refractivity contribution in [2.24, 2.45) is 0 Å². The maximum atomic E-state index is 11.5. The van der Waals surface area contributed by atoms with Crippen LogP contribution in [0.4, 0.5) is 0 Å². The zero-order valence-electron chi connectivity index (χ0n) is 11.6. The van der Waals surface area contributed by atoms with Gasteiger partial charge in [-0.3, -0.25) is 4.79 Å². The predicted molar refractivity (Wildman–Crippen MR) is 83.5 cm³/mol. The number of halogens is 1. The molecule has 2 aromatic carbocycles. The number of carbonyl (C=O) groups excluding carboxylic acids is 1. The number of fused-ring (bicyclic) bond motifs is 1. The highest BCUT2D eigenvalue weighted by Gasteiger charge is 2.09. The van der Waals surface area contributed by atoms with E-state index in [1.807, 2.05) is 36.4 Å². The van der Waals surface area contributed by atoms with Crippen LogP contribution in [-0.4, -0.2) is 26.6 Å². The second-order valence-corrected chi connectivity index (χ2v) is 4.27. The van der Waals surface area contributed by atoms with Gasteiger partial charge in [0, 0.05) is 12.1 Å². The van der Waals surface area contributed by atoms with Gasteiger partial charge in [0.15, 0.2) is 0 Å². The SMILES string of the molecule is CNCC(=O)NCc1c(OC)ccc2ccccc12.Cl. The van der Waals surface area contributed by atoms with Gasteiger partial charge in [0.25, 0.3) is 0 Å². The smallest absolute Gasteiger partial charge is 0.234 e. The summed E-state index contributed by atoms with van der Waals surface area (Å²) in [5, 5.41) is 7.95. The third kappa shape index (κ3) is 3.62. The largest absolute Gasteiger partial charge is 0.496 e. The van der Waals surface area contributed by atoms with Crippen LogP contribution in [0.5, 0.6) is 5.75 Å². The van der Waals surface area contributed by atoms with Crippen molar-refractivity contribution in [2.75, 3.05) is 20.7 Å². The molecule has 0 aliphatic heterocycles. The van der Waals surface area contributed by atoms with Crippen LogP contribution >= 0.6 is 12.4 Å². The number of benzene rings is 2. The van der Waals surface area contributed by atoms with Crippen molar-refractivity contribution >= 4 is 29.1 Å². The van der Waals surface area contributed by atoms with Crippen molar-refractivity contribution < 1.29 is 9.53 Å². The first-order valence-electron chi connectivity index (χ1n) is 6.22. The maximum Gasteiger partial charge on any atom is 0.234 e. The van der Waals surface area contributed by atoms with E-state index in [0.717, 1.165) is 22.1 Å². The number of hydrogen-bond donors (Lipinski definition) is 2. The second kappa shape index (κ2) is 7.72. The molecule has 108 valence electrons. The number of nitrogens with one attached hydrogen (secondary N) is 2. The van der Waals surface area contributed by atoms with Crippen LogP contribution in [0.15, 0.2) is 36.4 Å². The van der Waals surface area contributed by atoms with Crippen molar-refractivity contribution in [1.82, 2.24) is 10.6 Å². The highest BCUT2D eigenvalue weighted by Crippen LogP contribution is 2.27. The molecule has 0 saturated carbocycles. The fourth-order valence-electron chi connectivity index (χ4n) is 2.10. The number of likely N-dealkylation sites (N-methyl/N-ethyl adjacent to an activating group) is 1. The Balaban J connectivity index is 0.00000200. The molecule has 4 nitrogen and oxygen atoms in total. The summed E-state index contributed by atoms with van der Waals surface area (Å²) in [5.41, 5.74) is 1.00. The predicted octanol–water partition coefficient (Wildman–Crippen LogP) is 2.11. The zero-order valence-corrected chi connectivity index (χ0v) is 12.4. The molecule has 0 heterocycles. The lowest BCUT2D eigenvalue weighted by Gasteiger charge is -2.13. The van der Waals surface area contributed by atoms with Gasteiger partial charge in [0.2, 0.25) is 5.91 Å². The standard InChI is InChI=1S/C15H18N2O2.ClH/c1-16-10-15(18)17-9-13-12-6-4-3-5-11(12)7-8-14(13)19-2;/h3-8,16H,9-10H2,1-2H3,(H,17,18);1H. The number of amides is 1. The Morgan fingerprint density at radius 2 is 1.95 bits per heavy atom. The topological polar surface area (TPSA) is 50.4 Å². The number of hydrogen-bond acceptors (Lipinski definition) is 3. The van der Waals surface area contributed by atoms with Crippen LogP contribution in [0.1, 0.15) is 5.56 Å². The number of methoxy groups -OCH3 is 1. The van der Waals surface area contributed by atoms with Gasteiger partial charge in [-0.2, -0.15) is 0 Å². The molecule has 0 aliphatic rings. The van der Waals surface area contributed by atoms with Gasteiger partial charge < -0.3 is 15.4 Å². The van der Waals surface area contributed by atoms with E-state index in [9.17, 15) is 4.79 Å². The minimum absolute atomic E-state index is 0. The van der Waals surface area contributed by atoms with Crippen molar-refractivity contribution in [3.05, 3.63) is 42.0 Å². The molecule has 0 radical (unpaired) electrons. The fourth-order valence-corrected chi connectivity index (χ4v) is 2.10. The van der Waals surface area contributed by atoms with Crippen molar-refractivity contribution in [2.45, 2.75) is 6.54 Å². The van der Waals surface area contributed by atoms with Crippen molar-refractivity contribution in [1.29, 1.82) is 0 Å². The number of rotatable bonds is 5. The minimum Gasteiger partial charge on any atom is -0.496 e. The number of carbonyl (C=O) groups is 1. The van der Waals surface area contributed by atoms with Crippen molar-refractivity contribution in [3.8, 4) is 5.75 Å². The molecule has 0 spiro atoms. The molecule has 0 bridgehead atoms. The van der Waals surface area contributed by atoms with Gasteiger partial charge in [-0.05, 0) is 23.9 Å². The molecule has 0 aromatic heterocycles. The van der Waals surface area contributed by atoms with E-state index >= 15 is 0 Å². The first-order valence-corrected chi connectivity index (χ1v) is 6.22. The van der Waals surface area contributed by atoms with E-state index in [-0.39, 0.29) is 18.3 Å². The van der Waals surface area contributed by atoms with Gasteiger partial charge in [-0.25, -0.2) is 0 Å². The van der Waals surface area contributed by atoms with Gasteiger partial charge >= 0.3 is 0 Å². The lowest BCUT2D eigenvalue weighted by atomic mass is 10.0. The third-order valence-electron chi connectivity index (χ3n) is 3.02. The molecule has 20 heavy (non-hydrogen) atoms. The lowest BCUT2D eigenvalue weighted by Crippen LogP contribution is -2.31. The maximum absolute atomic E-state index is 11.5. The highest BCUT2D eigenvalue weighted by atomic mass is 35.5. The van der Waals surface area contributed by atoms with E-state index in [2.05, 4.69) is 10.6 Å². The summed E-state index contributed by atoms with van der Waals surface area (Å²) in [5.74, 6) is 0.765. The summed E-state index contributed by atoms with van der Waals surface area (Å²) in [6.07, 6.45) is 0. The summed E-state index contributed by atoms with van der Waals surface area (Å²) >= 11 is 0. The summed E-state index contributed by atoms with van der Waals surface area (Å²) in [6.45, 7) is 0.776. The molecule has 0 unspecified atom stereocenters. The van der Waals surface area contributed by atoms with Crippen molar-refractivity contribution in [3.63, 3.8) is 0 Å². The highest BCUT2D eigenvalue weighted by molar-refractivity contribution is 5.88. The third-order valence-corrected chi connectivity index (χ3v) is 3.02. The first kappa shape index (κ1) is 16.3. The molecular weight excluding hydrogens is 276 g/mol. The Morgan fingerprint density at radius 1 is 1.20 bits per heavy atom. The molecule has 1 amide bonds. The Morgan fingerprint density at radius 3 is 2.65 bits per heavy atom. The molecule has 0 saturated heterocycles. The van der Waals surface area contributed by atoms with Crippen LogP contribution in [0.3, 0.4) is 0 Å². The molecular formula is C15H19ClN2O2. The molecule has 2 rings (SSSR count). The van der Waals surface area contributed by atoms with Gasteiger partial charge in [0.05, 0.1) is 13.7 Å². The van der Waals surface area contributed by atoms with Gasteiger partial charge in [-0.15, -0.1) is 12.4 Å². The fraction of sp³-hybridized carbons (Fsp3) is 0.267. The average molecular weight is 295 g/mol. The zero-order chi connectivity index (χ0) is 13.7. The van der Waals surface area contributed by atoms with Crippen LogP contribution in [0, 0.1) is 0 Å². The Labute approximate surface area is 124 Å². The van der Waals surface area contributed by atoms with E-state index in [4.69, 9.17) is 4.74 Å². The van der Waals surface area contributed by atoms with E-state index < -0.39 is 0 Å². The monoisotopic (exact) mass is 294 g/mol.